The average Bonchev–Trinajstić information content (AvgIpc) is 3.47. The van der Waals surface area contributed by atoms with Gasteiger partial charge in [-0.1, -0.05) is 78.9 Å². The third-order valence-corrected chi connectivity index (χ3v) is 7.58. The van der Waals surface area contributed by atoms with E-state index in [-0.39, 0.29) is 25.5 Å². The van der Waals surface area contributed by atoms with Crippen LogP contribution in [0.5, 0.6) is 0 Å². The minimum atomic E-state index is -1.23. The van der Waals surface area contributed by atoms with Crippen molar-refractivity contribution in [1.29, 1.82) is 0 Å². The predicted octanol–water partition coefficient (Wildman–Crippen LogP) is 4.15. The Labute approximate surface area is 228 Å². The third kappa shape index (κ3) is 5.81. The minimum Gasteiger partial charge on any atom is -0.481 e. The highest BCUT2D eigenvalue weighted by Gasteiger charge is 2.46. The highest BCUT2D eigenvalue weighted by molar-refractivity contribution is 5.91. The normalized spacial score (nSPS) is 19.1. The van der Waals surface area contributed by atoms with Gasteiger partial charge in [0.15, 0.2) is 0 Å². The van der Waals surface area contributed by atoms with Crippen LogP contribution in [0.25, 0.3) is 11.1 Å². The molecule has 3 aromatic rings. The van der Waals surface area contributed by atoms with Gasteiger partial charge in [-0.2, -0.15) is 0 Å². The van der Waals surface area contributed by atoms with E-state index in [2.05, 4.69) is 39.8 Å². The van der Waals surface area contributed by atoms with Crippen LogP contribution < -0.4 is 10.6 Å². The van der Waals surface area contributed by atoms with Crippen LogP contribution in [0, 0.1) is 0 Å². The van der Waals surface area contributed by atoms with Gasteiger partial charge in [0, 0.05) is 31.6 Å². The Kier molecular flexibility index (Phi) is 7.65. The fourth-order valence-electron chi connectivity index (χ4n) is 5.71. The summed E-state index contributed by atoms with van der Waals surface area (Å²) in [6.07, 6.45) is -0.490. The molecule has 1 heterocycles. The van der Waals surface area contributed by atoms with Gasteiger partial charge in [0.05, 0.1) is 6.42 Å². The molecule has 8 heteroatoms. The van der Waals surface area contributed by atoms with Crippen LogP contribution >= 0.6 is 0 Å². The number of alkyl carbamates (subject to hydrolysis) is 1. The van der Waals surface area contributed by atoms with Crippen LogP contribution in [0.15, 0.2) is 78.9 Å². The average molecular weight is 528 g/mol. The highest BCUT2D eigenvalue weighted by Crippen LogP contribution is 2.44. The number of benzene rings is 3. The summed E-state index contributed by atoms with van der Waals surface area (Å²) in [5.74, 6) is -1.50. The van der Waals surface area contributed by atoms with Gasteiger partial charge in [0.1, 0.15) is 12.1 Å². The van der Waals surface area contributed by atoms with E-state index in [1.807, 2.05) is 54.6 Å². The van der Waals surface area contributed by atoms with E-state index in [9.17, 15) is 14.4 Å². The highest BCUT2D eigenvalue weighted by atomic mass is 16.5. The largest absolute Gasteiger partial charge is 0.481 e. The number of carbonyl (C=O) groups is 3. The van der Waals surface area contributed by atoms with Crippen LogP contribution in [-0.2, 0) is 20.9 Å². The number of carboxylic acids is 1. The summed E-state index contributed by atoms with van der Waals surface area (Å²) in [4.78, 5) is 39.9. The summed E-state index contributed by atoms with van der Waals surface area (Å²) in [5.41, 5.74) is 4.36. The molecular weight excluding hydrogens is 494 g/mol. The smallest absolute Gasteiger partial charge is 0.408 e. The molecule has 0 saturated carbocycles. The molecule has 2 amide bonds. The number of carbonyl (C=O) groups excluding carboxylic acids is 2. The van der Waals surface area contributed by atoms with Crippen LogP contribution in [-0.4, -0.2) is 59.3 Å². The molecule has 0 aromatic heterocycles. The molecule has 202 valence electrons. The van der Waals surface area contributed by atoms with Crippen molar-refractivity contribution in [3.05, 3.63) is 95.6 Å². The van der Waals surface area contributed by atoms with Gasteiger partial charge in [-0.05, 0) is 41.2 Å². The van der Waals surface area contributed by atoms with Crippen LogP contribution in [0.4, 0.5) is 4.79 Å². The Hall–Kier alpha value is -4.17. The van der Waals surface area contributed by atoms with Crippen molar-refractivity contribution in [2.75, 3.05) is 19.7 Å². The number of carboxylic acid groups (broad SMARTS) is 1. The van der Waals surface area contributed by atoms with Crippen molar-refractivity contribution in [3.63, 3.8) is 0 Å². The molecule has 39 heavy (non-hydrogen) atoms. The van der Waals surface area contributed by atoms with Gasteiger partial charge in [0.25, 0.3) is 0 Å². The number of hydrogen-bond donors (Lipinski definition) is 3. The van der Waals surface area contributed by atoms with E-state index in [4.69, 9.17) is 9.84 Å². The molecule has 2 atom stereocenters. The molecule has 1 saturated heterocycles. The quantitative estimate of drug-likeness (QED) is 0.386. The number of amides is 2. The van der Waals surface area contributed by atoms with E-state index < -0.39 is 29.6 Å². The lowest BCUT2D eigenvalue weighted by atomic mass is 9.96. The fourth-order valence-corrected chi connectivity index (χ4v) is 5.71. The topological polar surface area (TPSA) is 108 Å². The second-order valence-electron chi connectivity index (χ2n) is 10.5. The van der Waals surface area contributed by atoms with Crippen molar-refractivity contribution in [3.8, 4) is 11.1 Å². The van der Waals surface area contributed by atoms with Crippen molar-refractivity contribution >= 4 is 18.0 Å². The monoisotopic (exact) mass is 527 g/mol. The first-order valence-electron chi connectivity index (χ1n) is 13.3. The molecule has 1 fully saturated rings. The Morgan fingerprint density at radius 2 is 1.59 bits per heavy atom. The SMILES string of the molecule is CC(CC(=O)O)NC(=O)C1(NC(=O)OCC2c3ccccc3-c3ccccc32)CCN(Cc2ccccc2)C1. The van der Waals surface area contributed by atoms with E-state index in [0.29, 0.717) is 19.5 Å². The van der Waals surface area contributed by atoms with E-state index in [0.717, 1.165) is 27.8 Å². The number of nitrogens with one attached hydrogen (secondary N) is 2. The molecule has 1 aliphatic heterocycles. The van der Waals surface area contributed by atoms with Gasteiger partial charge in [-0.25, -0.2) is 4.79 Å². The van der Waals surface area contributed by atoms with Crippen molar-refractivity contribution in [2.45, 2.75) is 43.8 Å². The first kappa shape index (κ1) is 26.4. The van der Waals surface area contributed by atoms with E-state index in [1.54, 1.807) is 6.92 Å². The van der Waals surface area contributed by atoms with Crippen molar-refractivity contribution in [2.24, 2.45) is 0 Å². The predicted molar refractivity (Wildman–Crippen MR) is 147 cm³/mol. The maximum absolute atomic E-state index is 13.5. The molecule has 1 aliphatic carbocycles. The van der Waals surface area contributed by atoms with Crippen LogP contribution in [0.3, 0.4) is 0 Å². The minimum absolute atomic E-state index is 0.0957. The first-order valence-corrected chi connectivity index (χ1v) is 13.3. The molecule has 5 rings (SSSR count). The number of rotatable bonds is 9. The number of hydrogen-bond acceptors (Lipinski definition) is 5. The summed E-state index contributed by atoms with van der Waals surface area (Å²) < 4.78 is 5.76. The van der Waals surface area contributed by atoms with Crippen molar-refractivity contribution in [1.82, 2.24) is 15.5 Å². The molecule has 8 nitrogen and oxygen atoms in total. The number of aliphatic carboxylic acids is 1. The molecule has 0 bridgehead atoms. The Morgan fingerprint density at radius 1 is 0.974 bits per heavy atom. The summed E-state index contributed by atoms with van der Waals surface area (Å²) in [5, 5.41) is 14.8. The van der Waals surface area contributed by atoms with Gasteiger partial charge >= 0.3 is 12.1 Å². The molecule has 3 N–H and O–H groups in total. The molecule has 0 spiro atoms. The zero-order valence-electron chi connectivity index (χ0n) is 21.9. The van der Waals surface area contributed by atoms with Gasteiger partial charge in [-0.3, -0.25) is 14.5 Å². The van der Waals surface area contributed by atoms with Gasteiger partial charge in [-0.15, -0.1) is 0 Å². The van der Waals surface area contributed by atoms with Gasteiger partial charge < -0.3 is 20.5 Å². The number of ether oxygens (including phenoxy) is 1. The lowest BCUT2D eigenvalue weighted by Crippen LogP contribution is -2.61. The Bertz CT molecular complexity index is 1320. The maximum Gasteiger partial charge on any atom is 0.408 e. The second kappa shape index (κ2) is 11.3. The zero-order valence-corrected chi connectivity index (χ0v) is 21.9. The summed E-state index contributed by atoms with van der Waals surface area (Å²) >= 11 is 0. The van der Waals surface area contributed by atoms with Crippen LogP contribution in [0.1, 0.15) is 42.4 Å². The first-order chi connectivity index (χ1) is 18.8. The number of nitrogens with zero attached hydrogens (tertiary/aromatic N) is 1. The second-order valence-corrected chi connectivity index (χ2v) is 10.5. The van der Waals surface area contributed by atoms with E-state index >= 15 is 0 Å². The standard InChI is InChI=1S/C31H33N3O5/c1-21(17-28(35)36)32-29(37)31(15-16-34(20-31)18-22-9-3-2-4-10-22)33-30(38)39-19-27-25-13-7-5-11-23(25)24-12-6-8-14-26(24)27/h2-14,21,27H,15-20H2,1H3,(H,32,37)(H,33,38)(H,35,36). The molecule has 2 unspecified atom stereocenters. The lowest BCUT2D eigenvalue weighted by Gasteiger charge is -2.30. The van der Waals surface area contributed by atoms with Gasteiger partial charge in [0.2, 0.25) is 5.91 Å². The number of likely N-dealkylation sites (tertiary alicyclic amines) is 1. The Morgan fingerprint density at radius 3 is 2.23 bits per heavy atom. The number of fused-ring (bicyclic) bond motifs is 3. The molecular formula is C31H33N3O5. The zero-order chi connectivity index (χ0) is 27.4. The maximum atomic E-state index is 13.5. The summed E-state index contributed by atoms with van der Waals surface area (Å²) in [7, 11) is 0. The molecule has 3 aromatic carbocycles. The van der Waals surface area contributed by atoms with Crippen molar-refractivity contribution < 1.29 is 24.2 Å². The Balaban J connectivity index is 1.30. The summed E-state index contributed by atoms with van der Waals surface area (Å²) in [6.45, 7) is 3.30. The van der Waals surface area contributed by atoms with Crippen LogP contribution in [0.2, 0.25) is 0 Å². The van der Waals surface area contributed by atoms with E-state index in [1.165, 1.54) is 0 Å². The molecule has 2 aliphatic rings. The lowest BCUT2D eigenvalue weighted by molar-refractivity contribution is -0.137. The molecule has 0 radical (unpaired) electrons. The third-order valence-electron chi connectivity index (χ3n) is 7.58. The summed E-state index contributed by atoms with van der Waals surface area (Å²) in [6, 6.07) is 25.6. The fraction of sp³-hybridized carbons (Fsp3) is 0.323.